The Bertz CT molecular complexity index is 897. The highest BCUT2D eigenvalue weighted by Crippen LogP contribution is 2.25. The van der Waals surface area contributed by atoms with Crippen LogP contribution in [0, 0.1) is 5.82 Å². The molecule has 0 spiro atoms. The van der Waals surface area contributed by atoms with Crippen LogP contribution in [-0.2, 0) is 9.59 Å². The standard InChI is InChI=1S/C22H24FN3O3S/c23-17-6-8-19(9-7-17)30-15-22(28)24-18-11-13-26(14-12-18)20-4-2-1-3-16(20)5-10-21(27)25-29/h1-10,18,29H,11-15H2,(H,24,28)(H,25,27). The maximum absolute atomic E-state index is 12.9. The summed E-state index contributed by atoms with van der Waals surface area (Å²) in [5.74, 6) is -0.595. The van der Waals surface area contributed by atoms with Crippen LogP contribution in [0.15, 0.2) is 59.5 Å². The minimum atomic E-state index is -0.579. The van der Waals surface area contributed by atoms with Crippen molar-refractivity contribution in [1.82, 2.24) is 10.8 Å². The molecule has 158 valence electrons. The second kappa shape index (κ2) is 10.8. The van der Waals surface area contributed by atoms with Crippen LogP contribution in [0.1, 0.15) is 18.4 Å². The van der Waals surface area contributed by atoms with Crippen LogP contribution in [-0.4, -0.2) is 41.9 Å². The zero-order valence-corrected chi connectivity index (χ0v) is 17.2. The fourth-order valence-electron chi connectivity index (χ4n) is 3.33. The quantitative estimate of drug-likeness (QED) is 0.273. The van der Waals surface area contributed by atoms with Gasteiger partial charge in [0.2, 0.25) is 5.91 Å². The van der Waals surface area contributed by atoms with Crippen LogP contribution >= 0.6 is 11.8 Å². The zero-order valence-electron chi connectivity index (χ0n) is 16.4. The average Bonchev–Trinajstić information content (AvgIpc) is 2.78. The molecule has 2 aromatic carbocycles. The van der Waals surface area contributed by atoms with E-state index in [9.17, 15) is 14.0 Å². The van der Waals surface area contributed by atoms with E-state index in [1.54, 1.807) is 23.7 Å². The second-order valence-electron chi connectivity index (χ2n) is 6.94. The molecule has 0 saturated carbocycles. The lowest BCUT2D eigenvalue weighted by Crippen LogP contribution is -2.45. The van der Waals surface area contributed by atoms with Crippen molar-refractivity contribution in [3.63, 3.8) is 0 Å². The van der Waals surface area contributed by atoms with Gasteiger partial charge in [-0.2, -0.15) is 0 Å². The predicted molar refractivity (Wildman–Crippen MR) is 116 cm³/mol. The highest BCUT2D eigenvalue weighted by atomic mass is 32.2. The molecular formula is C22H24FN3O3S. The van der Waals surface area contributed by atoms with Gasteiger partial charge in [-0.1, -0.05) is 18.2 Å². The fraction of sp³-hybridized carbons (Fsp3) is 0.273. The maximum Gasteiger partial charge on any atom is 0.267 e. The summed E-state index contributed by atoms with van der Waals surface area (Å²) in [6.07, 6.45) is 4.59. The number of carbonyl (C=O) groups excluding carboxylic acids is 2. The van der Waals surface area contributed by atoms with Crippen LogP contribution in [0.4, 0.5) is 10.1 Å². The molecule has 3 rings (SSSR count). The van der Waals surface area contributed by atoms with E-state index in [0.717, 1.165) is 42.1 Å². The Kier molecular flexibility index (Phi) is 7.87. The van der Waals surface area contributed by atoms with Crippen LogP contribution < -0.4 is 15.7 Å². The molecule has 1 aliphatic heterocycles. The average molecular weight is 430 g/mol. The van der Waals surface area contributed by atoms with Crippen LogP contribution in [0.2, 0.25) is 0 Å². The summed E-state index contributed by atoms with van der Waals surface area (Å²) in [4.78, 5) is 26.6. The Morgan fingerprint density at radius 2 is 1.83 bits per heavy atom. The van der Waals surface area contributed by atoms with E-state index in [1.165, 1.54) is 30.0 Å². The Morgan fingerprint density at radius 3 is 2.53 bits per heavy atom. The van der Waals surface area contributed by atoms with Gasteiger partial charge in [-0.3, -0.25) is 14.8 Å². The van der Waals surface area contributed by atoms with E-state index in [2.05, 4.69) is 10.2 Å². The molecule has 0 atom stereocenters. The van der Waals surface area contributed by atoms with Gasteiger partial charge in [0.25, 0.3) is 5.91 Å². The number of amides is 2. The Balaban J connectivity index is 1.49. The Hall–Kier alpha value is -2.84. The van der Waals surface area contributed by atoms with Crippen molar-refractivity contribution in [1.29, 1.82) is 0 Å². The molecule has 6 nitrogen and oxygen atoms in total. The van der Waals surface area contributed by atoms with Crippen LogP contribution in [0.25, 0.3) is 6.08 Å². The summed E-state index contributed by atoms with van der Waals surface area (Å²) in [5, 5.41) is 11.7. The molecule has 2 aromatic rings. The van der Waals surface area contributed by atoms with Crippen molar-refractivity contribution in [2.75, 3.05) is 23.7 Å². The van der Waals surface area contributed by atoms with Crippen molar-refractivity contribution in [2.45, 2.75) is 23.8 Å². The number of piperidine rings is 1. The fourth-order valence-corrected chi connectivity index (χ4v) is 4.04. The molecule has 1 aliphatic rings. The summed E-state index contributed by atoms with van der Waals surface area (Å²) in [6.45, 7) is 1.57. The smallest absolute Gasteiger partial charge is 0.267 e. The number of rotatable bonds is 7. The van der Waals surface area contributed by atoms with Crippen molar-refractivity contribution in [2.24, 2.45) is 0 Å². The topological polar surface area (TPSA) is 81.7 Å². The van der Waals surface area contributed by atoms with Crippen molar-refractivity contribution in [3.8, 4) is 0 Å². The third-order valence-corrected chi connectivity index (χ3v) is 5.86. The lowest BCUT2D eigenvalue weighted by atomic mass is 10.0. The number of thioether (sulfide) groups is 1. The zero-order chi connectivity index (χ0) is 21.3. The highest BCUT2D eigenvalue weighted by Gasteiger charge is 2.22. The van der Waals surface area contributed by atoms with Gasteiger partial charge in [0, 0.05) is 35.8 Å². The summed E-state index contributed by atoms with van der Waals surface area (Å²) < 4.78 is 12.9. The number of nitrogens with one attached hydrogen (secondary N) is 2. The molecule has 2 amide bonds. The summed E-state index contributed by atoms with van der Waals surface area (Å²) >= 11 is 1.39. The van der Waals surface area contributed by atoms with E-state index < -0.39 is 5.91 Å². The molecule has 8 heteroatoms. The van der Waals surface area contributed by atoms with E-state index in [0.29, 0.717) is 5.75 Å². The minimum absolute atomic E-state index is 0.0267. The number of hydrogen-bond donors (Lipinski definition) is 3. The summed E-state index contributed by atoms with van der Waals surface area (Å²) in [5.41, 5.74) is 3.48. The van der Waals surface area contributed by atoms with Crippen molar-refractivity contribution >= 4 is 35.3 Å². The molecule has 0 radical (unpaired) electrons. The second-order valence-corrected chi connectivity index (χ2v) is 7.99. The van der Waals surface area contributed by atoms with Gasteiger partial charge in [0.15, 0.2) is 0 Å². The number of anilines is 1. The molecule has 0 aromatic heterocycles. The SMILES string of the molecule is O=C(C=Cc1ccccc1N1CCC(NC(=O)CSc2ccc(F)cc2)CC1)NO. The van der Waals surface area contributed by atoms with Gasteiger partial charge in [-0.25, -0.2) is 9.87 Å². The Morgan fingerprint density at radius 1 is 1.13 bits per heavy atom. The van der Waals surface area contributed by atoms with Crippen molar-refractivity contribution in [3.05, 3.63) is 66.0 Å². The lowest BCUT2D eigenvalue weighted by molar-refractivity contribution is -0.124. The molecule has 30 heavy (non-hydrogen) atoms. The molecule has 0 unspecified atom stereocenters. The molecule has 0 aliphatic carbocycles. The lowest BCUT2D eigenvalue weighted by Gasteiger charge is -2.34. The first-order chi connectivity index (χ1) is 14.5. The molecule has 3 N–H and O–H groups in total. The van der Waals surface area contributed by atoms with Gasteiger partial charge < -0.3 is 10.2 Å². The van der Waals surface area contributed by atoms with Gasteiger partial charge in [-0.05, 0) is 54.8 Å². The van der Waals surface area contributed by atoms with E-state index in [1.807, 2.05) is 24.3 Å². The van der Waals surface area contributed by atoms with Crippen LogP contribution in [0.3, 0.4) is 0 Å². The summed E-state index contributed by atoms with van der Waals surface area (Å²) in [7, 11) is 0. The van der Waals surface area contributed by atoms with E-state index in [-0.39, 0.29) is 17.8 Å². The van der Waals surface area contributed by atoms with Gasteiger partial charge in [0.1, 0.15) is 5.82 Å². The van der Waals surface area contributed by atoms with Gasteiger partial charge in [-0.15, -0.1) is 11.8 Å². The number of hydroxylamine groups is 1. The monoisotopic (exact) mass is 429 g/mol. The highest BCUT2D eigenvalue weighted by molar-refractivity contribution is 8.00. The molecule has 1 saturated heterocycles. The van der Waals surface area contributed by atoms with Crippen molar-refractivity contribution < 1.29 is 19.2 Å². The number of hydrogen-bond acceptors (Lipinski definition) is 5. The third kappa shape index (κ3) is 6.33. The molecule has 1 heterocycles. The number of halogens is 1. The third-order valence-electron chi connectivity index (χ3n) is 4.85. The first-order valence-corrected chi connectivity index (χ1v) is 10.7. The largest absolute Gasteiger partial charge is 0.371 e. The molecular weight excluding hydrogens is 405 g/mol. The van der Waals surface area contributed by atoms with Gasteiger partial charge >= 0.3 is 0 Å². The van der Waals surface area contributed by atoms with Gasteiger partial charge in [0.05, 0.1) is 5.75 Å². The van der Waals surface area contributed by atoms with E-state index >= 15 is 0 Å². The first-order valence-electron chi connectivity index (χ1n) is 9.69. The Labute approximate surface area is 179 Å². The minimum Gasteiger partial charge on any atom is -0.371 e. The normalized spacial score (nSPS) is 14.7. The first kappa shape index (κ1) is 21.9. The maximum atomic E-state index is 12.9. The summed E-state index contributed by atoms with van der Waals surface area (Å²) in [6, 6.07) is 14.0. The number of carbonyl (C=O) groups is 2. The predicted octanol–water partition coefficient (Wildman–Crippen LogP) is 3.22. The molecule has 1 fully saturated rings. The number of benzene rings is 2. The molecule has 0 bridgehead atoms. The van der Waals surface area contributed by atoms with Crippen LogP contribution in [0.5, 0.6) is 0 Å². The van der Waals surface area contributed by atoms with E-state index in [4.69, 9.17) is 5.21 Å². The number of nitrogens with zero attached hydrogens (tertiary/aromatic N) is 1. The number of para-hydroxylation sites is 1.